The minimum atomic E-state index is -0.295. The molecule has 1 amide bonds. The number of benzene rings is 2. The van der Waals surface area contributed by atoms with E-state index in [2.05, 4.69) is 20.8 Å². The second-order valence-corrected chi connectivity index (χ2v) is 7.61. The molecule has 2 aromatic heterocycles. The van der Waals surface area contributed by atoms with E-state index in [1.165, 1.54) is 22.7 Å². The van der Waals surface area contributed by atoms with Gasteiger partial charge in [0.05, 0.1) is 20.4 Å². The van der Waals surface area contributed by atoms with Crippen LogP contribution in [0.5, 0.6) is 11.5 Å². The van der Waals surface area contributed by atoms with Crippen molar-refractivity contribution in [2.24, 2.45) is 0 Å². The van der Waals surface area contributed by atoms with Crippen molar-refractivity contribution in [3.8, 4) is 11.5 Å². The van der Waals surface area contributed by atoms with E-state index >= 15 is 0 Å². The molecule has 0 saturated carbocycles. The highest BCUT2D eigenvalue weighted by Crippen LogP contribution is 2.37. The predicted octanol–water partition coefficient (Wildman–Crippen LogP) is 3.43. The van der Waals surface area contributed by atoms with Crippen LogP contribution in [0.4, 0.5) is 5.13 Å². The Morgan fingerprint density at radius 3 is 2.62 bits per heavy atom. The molecule has 130 valence electrons. The number of fused-ring (bicyclic) bond motifs is 3. The molecule has 1 aliphatic rings. The van der Waals surface area contributed by atoms with Crippen LogP contribution in [0, 0.1) is 0 Å². The zero-order valence-corrected chi connectivity index (χ0v) is 14.9. The number of para-hydroxylation sites is 1. The molecule has 0 aliphatic carbocycles. The van der Waals surface area contributed by atoms with E-state index in [0.717, 1.165) is 26.2 Å². The molecule has 3 heterocycles. The van der Waals surface area contributed by atoms with Gasteiger partial charge in [0.25, 0.3) is 5.91 Å². The third-order valence-corrected chi connectivity index (χ3v) is 5.79. The topological polar surface area (TPSA) is 85.4 Å². The van der Waals surface area contributed by atoms with Gasteiger partial charge >= 0.3 is 0 Å². The van der Waals surface area contributed by atoms with Crippen LogP contribution in [0.1, 0.15) is 9.80 Å². The van der Waals surface area contributed by atoms with Crippen LogP contribution in [-0.2, 0) is 0 Å². The third-order valence-electron chi connectivity index (χ3n) is 3.82. The van der Waals surface area contributed by atoms with Crippen LogP contribution in [0.3, 0.4) is 0 Å². The van der Waals surface area contributed by atoms with Gasteiger partial charge in [-0.1, -0.05) is 23.5 Å². The number of nitrogens with zero attached hydrogens (tertiary/aromatic N) is 2. The van der Waals surface area contributed by atoms with Crippen LogP contribution in [0.15, 0.2) is 36.4 Å². The number of hydrazine groups is 1. The average Bonchev–Trinajstić information content (AvgIpc) is 3.27. The first-order chi connectivity index (χ1) is 12.8. The molecule has 1 aliphatic heterocycles. The molecular weight excluding hydrogens is 372 g/mol. The Kier molecular flexibility index (Phi) is 3.61. The molecule has 0 atom stereocenters. The fourth-order valence-electron chi connectivity index (χ4n) is 2.65. The van der Waals surface area contributed by atoms with Crippen LogP contribution >= 0.6 is 22.7 Å². The van der Waals surface area contributed by atoms with Crippen LogP contribution < -0.4 is 20.3 Å². The summed E-state index contributed by atoms with van der Waals surface area (Å²) in [6.07, 6.45) is 0. The van der Waals surface area contributed by atoms with Crippen LogP contribution in [-0.4, -0.2) is 29.1 Å². The van der Waals surface area contributed by atoms with Gasteiger partial charge in [-0.25, -0.2) is 9.97 Å². The Bertz CT molecular complexity index is 1060. The Morgan fingerprint density at radius 2 is 1.77 bits per heavy atom. The molecule has 2 aromatic carbocycles. The molecule has 0 radical (unpaired) electrons. The normalized spacial score (nSPS) is 13.1. The molecule has 0 spiro atoms. The molecule has 0 bridgehead atoms. The van der Waals surface area contributed by atoms with E-state index < -0.39 is 0 Å². The summed E-state index contributed by atoms with van der Waals surface area (Å²) in [6, 6.07) is 11.4. The molecule has 7 nitrogen and oxygen atoms in total. The maximum Gasteiger partial charge on any atom is 0.298 e. The van der Waals surface area contributed by atoms with Crippen molar-refractivity contribution in [2.45, 2.75) is 0 Å². The lowest BCUT2D eigenvalue weighted by Gasteiger charge is -2.17. The molecule has 9 heteroatoms. The minimum absolute atomic E-state index is 0.295. The van der Waals surface area contributed by atoms with E-state index in [4.69, 9.17) is 9.47 Å². The van der Waals surface area contributed by atoms with Gasteiger partial charge in [-0.3, -0.25) is 15.6 Å². The highest BCUT2D eigenvalue weighted by Gasteiger charge is 2.16. The van der Waals surface area contributed by atoms with E-state index in [9.17, 15) is 4.79 Å². The first-order valence-electron chi connectivity index (χ1n) is 7.88. The third kappa shape index (κ3) is 2.71. The lowest BCUT2D eigenvalue weighted by molar-refractivity contribution is 0.0962. The Hall–Kier alpha value is -2.91. The number of ether oxygens (including phenoxy) is 2. The number of aromatic nitrogens is 2. The number of nitrogens with one attached hydrogen (secondary N) is 2. The van der Waals surface area contributed by atoms with Crippen molar-refractivity contribution in [3.63, 3.8) is 0 Å². The van der Waals surface area contributed by atoms with Gasteiger partial charge in [-0.2, -0.15) is 0 Å². The maximum atomic E-state index is 12.3. The molecule has 5 rings (SSSR count). The summed E-state index contributed by atoms with van der Waals surface area (Å²) in [5.74, 6) is 1.12. The van der Waals surface area contributed by atoms with Crippen LogP contribution in [0.25, 0.3) is 20.4 Å². The van der Waals surface area contributed by atoms with Gasteiger partial charge in [0, 0.05) is 12.1 Å². The van der Waals surface area contributed by atoms with Crippen molar-refractivity contribution >= 4 is 54.1 Å². The number of rotatable bonds is 3. The zero-order valence-electron chi connectivity index (χ0n) is 13.3. The van der Waals surface area contributed by atoms with Gasteiger partial charge < -0.3 is 9.47 Å². The SMILES string of the molecule is O=C(NNc1nc2cc3c(cc2s1)OCCO3)c1nc2ccccc2s1. The minimum Gasteiger partial charge on any atom is -0.486 e. The van der Waals surface area contributed by atoms with Crippen molar-refractivity contribution in [2.75, 3.05) is 18.6 Å². The van der Waals surface area contributed by atoms with Crippen molar-refractivity contribution in [1.29, 1.82) is 0 Å². The summed E-state index contributed by atoms with van der Waals surface area (Å²) in [5.41, 5.74) is 7.11. The molecule has 0 unspecified atom stereocenters. The second-order valence-electron chi connectivity index (χ2n) is 5.55. The summed E-state index contributed by atoms with van der Waals surface area (Å²) in [7, 11) is 0. The number of thiazole rings is 2. The molecule has 0 fully saturated rings. The van der Waals surface area contributed by atoms with Crippen molar-refractivity contribution in [1.82, 2.24) is 15.4 Å². The van der Waals surface area contributed by atoms with Gasteiger partial charge in [0.2, 0.25) is 5.13 Å². The van der Waals surface area contributed by atoms with Crippen molar-refractivity contribution < 1.29 is 14.3 Å². The summed E-state index contributed by atoms with van der Waals surface area (Å²) in [6.45, 7) is 1.08. The summed E-state index contributed by atoms with van der Waals surface area (Å²) in [5, 5.41) is 0.980. The van der Waals surface area contributed by atoms with E-state index in [1.807, 2.05) is 36.4 Å². The first-order valence-corrected chi connectivity index (χ1v) is 9.52. The molecule has 26 heavy (non-hydrogen) atoms. The number of anilines is 1. The van der Waals surface area contributed by atoms with Gasteiger partial charge in [0.1, 0.15) is 13.2 Å². The van der Waals surface area contributed by atoms with Gasteiger partial charge in [0.15, 0.2) is 16.5 Å². The number of amides is 1. The highest BCUT2D eigenvalue weighted by atomic mass is 32.1. The van der Waals surface area contributed by atoms with E-state index in [1.54, 1.807) is 0 Å². The Labute approximate surface area is 155 Å². The summed E-state index contributed by atoms with van der Waals surface area (Å²) < 4.78 is 13.1. The fraction of sp³-hybridized carbons (Fsp3) is 0.118. The Morgan fingerprint density at radius 1 is 0.962 bits per heavy atom. The lowest BCUT2D eigenvalue weighted by Crippen LogP contribution is -2.29. The number of hydrogen-bond acceptors (Lipinski definition) is 8. The number of hydrogen-bond donors (Lipinski definition) is 2. The smallest absolute Gasteiger partial charge is 0.298 e. The van der Waals surface area contributed by atoms with E-state index in [0.29, 0.717) is 29.1 Å². The number of carbonyl (C=O) groups excluding carboxylic acids is 1. The molecule has 4 aromatic rings. The maximum absolute atomic E-state index is 12.3. The average molecular weight is 384 g/mol. The van der Waals surface area contributed by atoms with Crippen molar-refractivity contribution in [3.05, 3.63) is 41.4 Å². The Balaban J connectivity index is 1.35. The summed E-state index contributed by atoms with van der Waals surface area (Å²) >= 11 is 2.77. The molecule has 2 N–H and O–H groups in total. The zero-order chi connectivity index (χ0) is 17.5. The summed E-state index contributed by atoms with van der Waals surface area (Å²) in [4.78, 5) is 21.1. The van der Waals surface area contributed by atoms with Gasteiger partial charge in [-0.15, -0.1) is 11.3 Å². The van der Waals surface area contributed by atoms with E-state index in [-0.39, 0.29) is 5.91 Å². The first kappa shape index (κ1) is 15.4. The standard InChI is InChI=1S/C17H12N4O3S2/c22-15(16-18-9-3-1-2-4-13(9)25-16)20-21-17-19-10-7-11-12(8-14(10)26-17)24-6-5-23-11/h1-4,7-8H,5-6H2,(H,19,21)(H,20,22). The van der Waals surface area contributed by atoms with Gasteiger partial charge in [-0.05, 0) is 12.1 Å². The predicted molar refractivity (Wildman–Crippen MR) is 101 cm³/mol. The second kappa shape index (κ2) is 6.11. The number of carbonyl (C=O) groups is 1. The van der Waals surface area contributed by atoms with Crippen LogP contribution in [0.2, 0.25) is 0 Å². The highest BCUT2D eigenvalue weighted by molar-refractivity contribution is 7.22. The monoisotopic (exact) mass is 384 g/mol. The molecular formula is C17H12N4O3S2. The lowest BCUT2D eigenvalue weighted by atomic mass is 10.3. The quantitative estimate of drug-likeness (QED) is 0.527. The molecule has 0 saturated heterocycles. The largest absolute Gasteiger partial charge is 0.486 e. The fourth-order valence-corrected chi connectivity index (χ4v) is 4.34.